The van der Waals surface area contributed by atoms with Crippen molar-refractivity contribution in [1.82, 2.24) is 19.9 Å². The van der Waals surface area contributed by atoms with Gasteiger partial charge in [0.05, 0.1) is 5.69 Å². The highest BCUT2D eigenvalue weighted by atomic mass is 16.2. The van der Waals surface area contributed by atoms with Crippen LogP contribution in [0.2, 0.25) is 0 Å². The number of amides is 1. The van der Waals surface area contributed by atoms with Crippen molar-refractivity contribution in [2.45, 2.75) is 40.5 Å². The van der Waals surface area contributed by atoms with Gasteiger partial charge in [-0.25, -0.2) is 15.0 Å². The fraction of sp³-hybridized carbons (Fsp3) is 0.387. The molecule has 1 aromatic carbocycles. The van der Waals surface area contributed by atoms with Crippen molar-refractivity contribution in [1.29, 1.82) is 0 Å². The van der Waals surface area contributed by atoms with Gasteiger partial charge in [0.25, 0.3) is 0 Å². The molecule has 3 aromatic rings. The third-order valence-electron chi connectivity index (χ3n) is 7.10. The van der Waals surface area contributed by atoms with E-state index in [-0.39, 0.29) is 30.5 Å². The molecule has 0 bridgehead atoms. The molecule has 0 saturated carbocycles. The van der Waals surface area contributed by atoms with E-state index in [0.717, 1.165) is 65.6 Å². The van der Waals surface area contributed by atoms with E-state index in [9.17, 15) is 9.59 Å². The van der Waals surface area contributed by atoms with E-state index in [2.05, 4.69) is 70.0 Å². The molecule has 9 nitrogen and oxygen atoms in total. The molecule has 2 N–H and O–H groups in total. The Morgan fingerprint density at radius 3 is 2.15 bits per heavy atom. The molecule has 0 radical (unpaired) electrons. The van der Waals surface area contributed by atoms with Crippen LogP contribution in [0.3, 0.4) is 0 Å². The van der Waals surface area contributed by atoms with Crippen LogP contribution < -0.4 is 15.5 Å². The van der Waals surface area contributed by atoms with Gasteiger partial charge < -0.3 is 20.4 Å². The van der Waals surface area contributed by atoms with Crippen LogP contribution in [-0.4, -0.2) is 70.8 Å². The normalized spacial score (nSPS) is 13.2. The molecule has 210 valence electrons. The zero-order valence-electron chi connectivity index (χ0n) is 23.9. The number of carbonyl (C=O) groups is 2. The molecule has 0 spiro atoms. The summed E-state index contributed by atoms with van der Waals surface area (Å²) in [6, 6.07) is 12.7. The third kappa shape index (κ3) is 7.22. The van der Waals surface area contributed by atoms with Gasteiger partial charge in [-0.1, -0.05) is 17.7 Å². The summed E-state index contributed by atoms with van der Waals surface area (Å²) in [5.74, 6) is 1.20. The minimum absolute atomic E-state index is 0.0133. The molecule has 0 aliphatic carbocycles. The van der Waals surface area contributed by atoms with Crippen LogP contribution in [0.15, 0.2) is 60.4 Å². The van der Waals surface area contributed by atoms with Gasteiger partial charge in [-0.3, -0.25) is 9.59 Å². The summed E-state index contributed by atoms with van der Waals surface area (Å²) in [6.07, 6.45) is 5.55. The number of anilines is 3. The van der Waals surface area contributed by atoms with Gasteiger partial charge in [0.15, 0.2) is 5.78 Å². The quantitative estimate of drug-likeness (QED) is 0.371. The molecule has 2 aromatic heterocycles. The van der Waals surface area contributed by atoms with Crippen LogP contribution in [0.5, 0.6) is 0 Å². The smallest absolute Gasteiger partial charge is 0.223 e. The first-order chi connectivity index (χ1) is 19.3. The van der Waals surface area contributed by atoms with E-state index in [0.29, 0.717) is 13.1 Å². The molecule has 40 heavy (non-hydrogen) atoms. The van der Waals surface area contributed by atoms with Gasteiger partial charge in [-0.05, 0) is 69.2 Å². The lowest BCUT2D eigenvalue weighted by atomic mass is 10.0. The Kier molecular flexibility index (Phi) is 9.47. The number of piperazine rings is 1. The minimum atomic E-state index is 0.0133. The fourth-order valence-corrected chi connectivity index (χ4v) is 4.87. The van der Waals surface area contributed by atoms with Gasteiger partial charge >= 0.3 is 0 Å². The molecule has 0 unspecified atom stereocenters. The summed E-state index contributed by atoms with van der Waals surface area (Å²) >= 11 is 0. The first-order valence-electron chi connectivity index (χ1n) is 13.9. The third-order valence-corrected chi connectivity index (χ3v) is 7.10. The Labute approximate surface area is 236 Å². The maximum atomic E-state index is 12.6. The first-order valence-corrected chi connectivity index (χ1v) is 13.9. The van der Waals surface area contributed by atoms with E-state index < -0.39 is 0 Å². The highest BCUT2D eigenvalue weighted by Crippen LogP contribution is 2.30. The van der Waals surface area contributed by atoms with E-state index in [1.165, 1.54) is 0 Å². The highest BCUT2D eigenvalue weighted by Gasteiger charge is 2.22. The predicted molar refractivity (Wildman–Crippen MR) is 161 cm³/mol. The Hall–Kier alpha value is -4.27. The number of hydrogen-bond donors (Lipinski definition) is 1. The fourth-order valence-electron chi connectivity index (χ4n) is 4.87. The second-order valence-corrected chi connectivity index (χ2v) is 10.2. The van der Waals surface area contributed by atoms with Gasteiger partial charge in [-0.2, -0.15) is 0 Å². The molecule has 4 rings (SSSR count). The maximum Gasteiger partial charge on any atom is 0.223 e. The lowest BCUT2D eigenvalue weighted by molar-refractivity contribution is -0.132. The van der Waals surface area contributed by atoms with Gasteiger partial charge in [0.1, 0.15) is 5.82 Å². The second-order valence-electron chi connectivity index (χ2n) is 10.2. The number of carbonyl (C=O) groups excluding carboxylic acids is 2. The number of allylic oxidation sites excluding steroid dienone is 2. The van der Waals surface area contributed by atoms with Crippen molar-refractivity contribution in [2.75, 3.05) is 54.8 Å². The van der Waals surface area contributed by atoms with Crippen LogP contribution in [0, 0.1) is 0 Å². The Morgan fingerprint density at radius 2 is 1.55 bits per heavy atom. The molecule has 1 aliphatic rings. The molecule has 1 aliphatic heterocycles. The van der Waals surface area contributed by atoms with E-state index in [1.54, 1.807) is 18.5 Å². The number of nitrogen functional groups attached to an aromatic ring is 1. The first kappa shape index (κ1) is 28.7. The average molecular weight is 542 g/mol. The van der Waals surface area contributed by atoms with Gasteiger partial charge in [0, 0.05) is 75.8 Å². The molecule has 1 amide bonds. The zero-order chi connectivity index (χ0) is 28.6. The predicted octanol–water partition coefficient (Wildman–Crippen LogP) is 4.60. The van der Waals surface area contributed by atoms with Gasteiger partial charge in [-0.15, -0.1) is 0 Å². The molecule has 9 heteroatoms. The van der Waals surface area contributed by atoms with Crippen molar-refractivity contribution in [3.63, 3.8) is 0 Å². The highest BCUT2D eigenvalue weighted by molar-refractivity contribution is 5.93. The molecule has 0 atom stereocenters. The second kappa shape index (κ2) is 13.2. The number of hydrogen-bond acceptors (Lipinski definition) is 8. The molecule has 1 saturated heterocycles. The standard InChI is InChI=1S/C31H39N7O2/c1-5-36(6-2)29-19-24(18-28(35-29)25-20-33-31(32)34-21-25)23-7-9-26(10-8-23)37-13-15-38(16-14-37)30(40)12-11-27(39)17-22(3)4/h7-10,17-21H,5-6,11-16H2,1-4H3,(H2,32,33,34). The summed E-state index contributed by atoms with van der Waals surface area (Å²) < 4.78 is 0. The number of ketones is 1. The van der Waals surface area contributed by atoms with Crippen molar-refractivity contribution < 1.29 is 9.59 Å². The summed E-state index contributed by atoms with van der Waals surface area (Å²) in [5, 5.41) is 0. The average Bonchev–Trinajstić information content (AvgIpc) is 2.96. The Balaban J connectivity index is 1.45. The van der Waals surface area contributed by atoms with Crippen molar-refractivity contribution >= 4 is 29.1 Å². The van der Waals surface area contributed by atoms with Crippen molar-refractivity contribution in [2.24, 2.45) is 0 Å². The maximum absolute atomic E-state index is 12.6. The summed E-state index contributed by atoms with van der Waals surface area (Å²) in [4.78, 5) is 44.1. The number of aromatic nitrogens is 3. The summed E-state index contributed by atoms with van der Waals surface area (Å²) in [5.41, 5.74) is 11.5. The molecular formula is C31H39N7O2. The molecular weight excluding hydrogens is 502 g/mol. The lowest BCUT2D eigenvalue weighted by Crippen LogP contribution is -2.48. The largest absolute Gasteiger partial charge is 0.368 e. The van der Waals surface area contributed by atoms with Crippen LogP contribution in [0.4, 0.5) is 17.5 Å². The van der Waals surface area contributed by atoms with E-state index in [4.69, 9.17) is 10.7 Å². The Morgan fingerprint density at radius 1 is 0.900 bits per heavy atom. The van der Waals surface area contributed by atoms with Gasteiger partial charge in [0.2, 0.25) is 11.9 Å². The molecule has 1 fully saturated rings. The zero-order valence-corrected chi connectivity index (χ0v) is 23.9. The van der Waals surface area contributed by atoms with Crippen LogP contribution >= 0.6 is 0 Å². The number of nitrogens with two attached hydrogens (primary N) is 1. The van der Waals surface area contributed by atoms with E-state index >= 15 is 0 Å². The number of nitrogens with zero attached hydrogens (tertiary/aromatic N) is 6. The van der Waals surface area contributed by atoms with Crippen molar-refractivity contribution in [3.8, 4) is 22.4 Å². The lowest BCUT2D eigenvalue weighted by Gasteiger charge is -2.36. The molecule has 3 heterocycles. The topological polar surface area (TPSA) is 109 Å². The Bertz CT molecular complexity index is 1340. The summed E-state index contributed by atoms with van der Waals surface area (Å²) in [6.45, 7) is 12.6. The van der Waals surface area contributed by atoms with Crippen LogP contribution in [-0.2, 0) is 9.59 Å². The number of rotatable bonds is 10. The summed E-state index contributed by atoms with van der Waals surface area (Å²) in [7, 11) is 0. The number of pyridine rings is 1. The van der Waals surface area contributed by atoms with Crippen molar-refractivity contribution in [3.05, 3.63) is 60.4 Å². The monoisotopic (exact) mass is 541 g/mol. The minimum Gasteiger partial charge on any atom is -0.368 e. The van der Waals surface area contributed by atoms with Crippen LogP contribution in [0.1, 0.15) is 40.5 Å². The number of benzene rings is 1. The SMILES string of the molecule is CCN(CC)c1cc(-c2ccc(N3CCN(C(=O)CCC(=O)C=C(C)C)CC3)cc2)cc(-c2cnc(N)nc2)n1. The van der Waals surface area contributed by atoms with Crippen LogP contribution in [0.25, 0.3) is 22.4 Å². The van der Waals surface area contributed by atoms with E-state index in [1.807, 2.05) is 18.7 Å².